The number of hydrogen-bond acceptors (Lipinski definition) is 4. The van der Waals surface area contributed by atoms with Gasteiger partial charge >= 0.3 is 0 Å². The molecule has 1 saturated heterocycles. The molecular weight excluding hydrogens is 364 g/mol. The third-order valence-corrected chi connectivity index (χ3v) is 6.22. The summed E-state index contributed by atoms with van der Waals surface area (Å²) >= 11 is 1.81. The molecule has 2 heterocycles. The van der Waals surface area contributed by atoms with Crippen molar-refractivity contribution in [2.24, 2.45) is 0 Å². The minimum Gasteiger partial charge on any atom is -0.300 e. The standard InChI is InChI=1S/C23H28N4S/c1-4-10-20(11-5-1)14-17-28-23-25-24-22(19-26-15-8-3-9-16-26)27(23)18-21-12-6-2-7-13-21/h1-2,4-7,10-13H,3,8-9,14-19H2. The summed E-state index contributed by atoms with van der Waals surface area (Å²) in [5.41, 5.74) is 2.67. The van der Waals surface area contributed by atoms with Crippen molar-refractivity contribution in [3.63, 3.8) is 0 Å². The Morgan fingerprint density at radius 3 is 2.14 bits per heavy atom. The quantitative estimate of drug-likeness (QED) is 0.523. The molecule has 0 saturated carbocycles. The molecule has 0 N–H and O–H groups in total. The number of hydrogen-bond donors (Lipinski definition) is 0. The Hall–Kier alpha value is -2.11. The number of aryl methyl sites for hydroxylation is 1. The first kappa shape index (κ1) is 19.2. The number of thioether (sulfide) groups is 1. The number of piperidine rings is 1. The Kier molecular flexibility index (Phi) is 6.79. The molecule has 1 fully saturated rings. The molecule has 1 aliphatic rings. The van der Waals surface area contributed by atoms with Gasteiger partial charge in [-0.25, -0.2) is 0 Å². The molecule has 0 unspecified atom stereocenters. The fraction of sp³-hybridized carbons (Fsp3) is 0.391. The van der Waals surface area contributed by atoms with Crippen LogP contribution in [0.5, 0.6) is 0 Å². The van der Waals surface area contributed by atoms with E-state index in [-0.39, 0.29) is 0 Å². The lowest BCUT2D eigenvalue weighted by molar-refractivity contribution is 0.213. The maximum atomic E-state index is 4.58. The molecule has 3 aromatic rings. The van der Waals surface area contributed by atoms with Crippen molar-refractivity contribution in [1.29, 1.82) is 0 Å². The SMILES string of the molecule is c1ccc(CCSc2nnc(CN3CCCCC3)n2Cc2ccccc2)cc1. The maximum absolute atomic E-state index is 4.58. The average molecular weight is 393 g/mol. The van der Waals surface area contributed by atoms with Gasteiger partial charge in [-0.2, -0.15) is 0 Å². The van der Waals surface area contributed by atoms with Crippen LogP contribution in [0.1, 0.15) is 36.2 Å². The van der Waals surface area contributed by atoms with E-state index >= 15 is 0 Å². The van der Waals surface area contributed by atoms with Crippen molar-refractivity contribution in [1.82, 2.24) is 19.7 Å². The van der Waals surface area contributed by atoms with E-state index < -0.39 is 0 Å². The number of likely N-dealkylation sites (tertiary alicyclic amines) is 1. The first-order chi connectivity index (χ1) is 13.9. The zero-order valence-corrected chi connectivity index (χ0v) is 17.2. The maximum Gasteiger partial charge on any atom is 0.191 e. The summed E-state index contributed by atoms with van der Waals surface area (Å²) < 4.78 is 2.32. The molecule has 4 rings (SSSR count). The van der Waals surface area contributed by atoms with Crippen LogP contribution in [-0.2, 0) is 19.5 Å². The van der Waals surface area contributed by atoms with Gasteiger partial charge in [-0.3, -0.25) is 4.90 Å². The molecule has 1 aliphatic heterocycles. The van der Waals surface area contributed by atoms with E-state index in [1.807, 2.05) is 11.8 Å². The summed E-state index contributed by atoms with van der Waals surface area (Å²) in [5.74, 6) is 2.11. The molecule has 0 bridgehead atoms. The molecule has 0 spiro atoms. The molecular formula is C23H28N4S. The van der Waals surface area contributed by atoms with Gasteiger partial charge in [0.05, 0.1) is 13.1 Å². The van der Waals surface area contributed by atoms with E-state index in [1.165, 1.54) is 43.5 Å². The third-order valence-electron chi connectivity index (χ3n) is 5.26. The highest BCUT2D eigenvalue weighted by molar-refractivity contribution is 7.99. The molecule has 1 aromatic heterocycles. The van der Waals surface area contributed by atoms with Crippen LogP contribution in [0, 0.1) is 0 Å². The van der Waals surface area contributed by atoms with Crippen molar-refractivity contribution < 1.29 is 0 Å². The highest BCUT2D eigenvalue weighted by Gasteiger charge is 2.17. The molecule has 0 aliphatic carbocycles. The predicted octanol–water partition coefficient (Wildman–Crippen LogP) is 4.65. The zero-order chi connectivity index (χ0) is 19.0. The molecule has 146 valence electrons. The molecule has 0 radical (unpaired) electrons. The van der Waals surface area contributed by atoms with Crippen molar-refractivity contribution in [3.05, 3.63) is 77.6 Å². The highest BCUT2D eigenvalue weighted by Crippen LogP contribution is 2.22. The van der Waals surface area contributed by atoms with E-state index in [0.717, 1.165) is 36.2 Å². The van der Waals surface area contributed by atoms with Gasteiger partial charge in [0.1, 0.15) is 5.82 Å². The first-order valence-corrected chi connectivity index (χ1v) is 11.2. The Labute approximate surface area is 172 Å². The zero-order valence-electron chi connectivity index (χ0n) is 16.3. The molecule has 4 nitrogen and oxygen atoms in total. The minimum atomic E-state index is 0.838. The van der Waals surface area contributed by atoms with Crippen LogP contribution in [0.25, 0.3) is 0 Å². The van der Waals surface area contributed by atoms with Crippen molar-refractivity contribution in [2.45, 2.75) is 43.9 Å². The van der Waals surface area contributed by atoms with Gasteiger partial charge in [0, 0.05) is 5.75 Å². The lowest BCUT2D eigenvalue weighted by atomic mass is 10.1. The van der Waals surface area contributed by atoms with Gasteiger partial charge in [-0.15, -0.1) is 10.2 Å². The molecule has 2 aromatic carbocycles. The average Bonchev–Trinajstić information content (AvgIpc) is 3.11. The smallest absolute Gasteiger partial charge is 0.191 e. The topological polar surface area (TPSA) is 34.0 Å². The van der Waals surface area contributed by atoms with Crippen LogP contribution < -0.4 is 0 Å². The second-order valence-corrected chi connectivity index (χ2v) is 8.45. The monoisotopic (exact) mass is 392 g/mol. The van der Waals surface area contributed by atoms with E-state index in [0.29, 0.717) is 0 Å². The highest BCUT2D eigenvalue weighted by atomic mass is 32.2. The van der Waals surface area contributed by atoms with Gasteiger partial charge in [-0.1, -0.05) is 78.8 Å². The van der Waals surface area contributed by atoms with Crippen molar-refractivity contribution in [2.75, 3.05) is 18.8 Å². The van der Waals surface area contributed by atoms with Gasteiger partial charge in [0.2, 0.25) is 0 Å². The number of rotatable bonds is 8. The van der Waals surface area contributed by atoms with Gasteiger partial charge in [0.15, 0.2) is 5.16 Å². The van der Waals surface area contributed by atoms with Crippen molar-refractivity contribution >= 4 is 11.8 Å². The molecule has 28 heavy (non-hydrogen) atoms. The summed E-state index contributed by atoms with van der Waals surface area (Å²) in [4.78, 5) is 2.52. The lowest BCUT2D eigenvalue weighted by Gasteiger charge is -2.26. The second-order valence-electron chi connectivity index (χ2n) is 7.39. The van der Waals surface area contributed by atoms with Crippen LogP contribution in [-0.4, -0.2) is 38.5 Å². The summed E-state index contributed by atoms with van der Waals surface area (Å²) in [5, 5.41) is 10.2. The molecule has 0 amide bonds. The Morgan fingerprint density at radius 1 is 0.750 bits per heavy atom. The predicted molar refractivity (Wildman–Crippen MR) is 116 cm³/mol. The summed E-state index contributed by atoms with van der Waals surface area (Å²) in [6.07, 6.45) is 5.00. The molecule has 5 heteroatoms. The van der Waals surface area contributed by atoms with E-state index in [1.54, 1.807) is 0 Å². The van der Waals surface area contributed by atoms with Crippen molar-refractivity contribution in [3.8, 4) is 0 Å². The number of aromatic nitrogens is 3. The van der Waals surface area contributed by atoms with E-state index in [4.69, 9.17) is 0 Å². The fourth-order valence-corrected chi connectivity index (χ4v) is 4.63. The van der Waals surface area contributed by atoms with Crippen LogP contribution in [0.4, 0.5) is 0 Å². The lowest BCUT2D eigenvalue weighted by Crippen LogP contribution is -2.30. The van der Waals surface area contributed by atoms with Crippen LogP contribution in [0.15, 0.2) is 65.8 Å². The normalized spacial score (nSPS) is 15.0. The van der Waals surface area contributed by atoms with Crippen LogP contribution in [0.3, 0.4) is 0 Å². The fourth-order valence-electron chi connectivity index (χ4n) is 3.69. The Morgan fingerprint density at radius 2 is 1.43 bits per heavy atom. The minimum absolute atomic E-state index is 0.838. The third kappa shape index (κ3) is 5.24. The van der Waals surface area contributed by atoms with Crippen LogP contribution in [0.2, 0.25) is 0 Å². The Balaban J connectivity index is 1.47. The first-order valence-electron chi connectivity index (χ1n) is 10.2. The summed E-state index contributed by atoms with van der Waals surface area (Å²) in [6.45, 7) is 4.09. The van der Waals surface area contributed by atoms with E-state index in [2.05, 4.69) is 80.3 Å². The van der Waals surface area contributed by atoms with Gasteiger partial charge < -0.3 is 4.57 Å². The van der Waals surface area contributed by atoms with Gasteiger partial charge in [-0.05, 0) is 43.5 Å². The van der Waals surface area contributed by atoms with Crippen LogP contribution >= 0.6 is 11.8 Å². The number of nitrogens with zero attached hydrogens (tertiary/aromatic N) is 4. The summed E-state index contributed by atoms with van der Waals surface area (Å²) in [7, 11) is 0. The largest absolute Gasteiger partial charge is 0.300 e. The summed E-state index contributed by atoms with van der Waals surface area (Å²) in [6, 6.07) is 21.3. The molecule has 0 atom stereocenters. The van der Waals surface area contributed by atoms with Gasteiger partial charge in [0.25, 0.3) is 0 Å². The van der Waals surface area contributed by atoms with E-state index in [9.17, 15) is 0 Å². The second kappa shape index (κ2) is 9.89. The number of benzene rings is 2. The Bertz CT molecular complexity index is 842.